The first-order valence-electron chi connectivity index (χ1n) is 4.88. The lowest BCUT2D eigenvalue weighted by Crippen LogP contribution is -2.12. The van der Waals surface area contributed by atoms with Crippen molar-refractivity contribution in [3.63, 3.8) is 0 Å². The van der Waals surface area contributed by atoms with Crippen molar-refractivity contribution in [2.75, 3.05) is 0 Å². The zero-order valence-corrected chi connectivity index (χ0v) is 10.3. The maximum absolute atomic E-state index is 10.7. The van der Waals surface area contributed by atoms with Crippen LogP contribution in [0, 0.1) is 0 Å². The van der Waals surface area contributed by atoms with E-state index in [1.54, 1.807) is 30.3 Å². The maximum Gasteiger partial charge on any atom is 0.225 e. The minimum Gasteiger partial charge on any atom is -0.461 e. The van der Waals surface area contributed by atoms with Gasteiger partial charge in [-0.1, -0.05) is 23.2 Å². The summed E-state index contributed by atoms with van der Waals surface area (Å²) in [5.74, 6) is 0.721. The third-order valence-electron chi connectivity index (χ3n) is 2.21. The fourth-order valence-electron chi connectivity index (χ4n) is 1.45. The van der Waals surface area contributed by atoms with Crippen LogP contribution in [0.5, 0.6) is 0 Å². The average Bonchev–Trinajstić information content (AvgIpc) is 2.69. The van der Waals surface area contributed by atoms with Crippen molar-refractivity contribution >= 4 is 29.1 Å². The molecule has 0 aliphatic heterocycles. The molecule has 1 aromatic carbocycles. The van der Waals surface area contributed by atoms with Gasteiger partial charge in [-0.25, -0.2) is 0 Å². The Balaban J connectivity index is 2.30. The molecule has 0 spiro atoms. The van der Waals surface area contributed by atoms with E-state index in [0.717, 1.165) is 5.56 Å². The fraction of sp³-hybridized carbons (Fsp3) is 0.0833. The number of rotatable bonds is 3. The number of furan rings is 1. The molecule has 0 saturated heterocycles. The van der Waals surface area contributed by atoms with Crippen LogP contribution in [-0.2, 0) is 11.2 Å². The molecule has 2 aromatic rings. The number of benzene rings is 1. The van der Waals surface area contributed by atoms with E-state index in [0.29, 0.717) is 21.6 Å². The van der Waals surface area contributed by atoms with Gasteiger partial charge in [-0.15, -0.1) is 0 Å². The molecule has 0 radical (unpaired) electrons. The molecular weight excluding hydrogens is 261 g/mol. The quantitative estimate of drug-likeness (QED) is 0.930. The summed E-state index contributed by atoms with van der Waals surface area (Å²) in [6, 6.07) is 8.66. The molecule has 17 heavy (non-hydrogen) atoms. The number of amides is 1. The number of primary amides is 1. The van der Waals surface area contributed by atoms with Crippen LogP contribution in [0.15, 0.2) is 34.7 Å². The van der Waals surface area contributed by atoms with Gasteiger partial charge in [-0.3, -0.25) is 4.79 Å². The number of hydrogen-bond acceptors (Lipinski definition) is 2. The highest BCUT2D eigenvalue weighted by Crippen LogP contribution is 2.29. The third-order valence-corrected chi connectivity index (χ3v) is 2.95. The van der Waals surface area contributed by atoms with Gasteiger partial charge in [-0.2, -0.15) is 0 Å². The molecule has 0 atom stereocenters. The lowest BCUT2D eigenvalue weighted by molar-refractivity contribution is -0.117. The van der Waals surface area contributed by atoms with Gasteiger partial charge in [-0.05, 0) is 30.3 Å². The molecule has 2 N–H and O–H groups in total. The zero-order valence-electron chi connectivity index (χ0n) is 8.74. The molecule has 88 valence electrons. The largest absolute Gasteiger partial charge is 0.461 e. The zero-order chi connectivity index (χ0) is 12.4. The molecule has 2 rings (SSSR count). The van der Waals surface area contributed by atoms with Crippen LogP contribution in [0.2, 0.25) is 10.0 Å². The Labute approximate surface area is 108 Å². The van der Waals surface area contributed by atoms with Crippen LogP contribution in [0.3, 0.4) is 0 Å². The van der Waals surface area contributed by atoms with Crippen molar-refractivity contribution < 1.29 is 9.21 Å². The fourth-order valence-corrected chi connectivity index (χ4v) is 1.75. The first-order valence-corrected chi connectivity index (χ1v) is 5.64. The van der Waals surface area contributed by atoms with Gasteiger partial charge >= 0.3 is 0 Å². The second-order valence-electron chi connectivity index (χ2n) is 3.54. The molecule has 0 aliphatic carbocycles. The van der Waals surface area contributed by atoms with Crippen molar-refractivity contribution in [1.82, 2.24) is 0 Å². The lowest BCUT2D eigenvalue weighted by Gasteiger charge is -1.99. The Kier molecular flexibility index (Phi) is 3.41. The number of halogens is 2. The SMILES string of the molecule is NC(=O)Cc1ccc(-c2ccc(Cl)c(Cl)c2)o1. The van der Waals surface area contributed by atoms with Gasteiger partial charge < -0.3 is 10.2 Å². The average molecular weight is 270 g/mol. The maximum atomic E-state index is 10.7. The predicted molar refractivity (Wildman–Crippen MR) is 67.1 cm³/mol. The van der Waals surface area contributed by atoms with E-state index in [9.17, 15) is 4.79 Å². The lowest BCUT2D eigenvalue weighted by atomic mass is 10.2. The minimum absolute atomic E-state index is 0.0846. The summed E-state index contributed by atoms with van der Waals surface area (Å²) >= 11 is 11.7. The Bertz CT molecular complexity index is 563. The van der Waals surface area contributed by atoms with E-state index < -0.39 is 5.91 Å². The Morgan fingerprint density at radius 3 is 2.59 bits per heavy atom. The highest BCUT2D eigenvalue weighted by molar-refractivity contribution is 6.42. The van der Waals surface area contributed by atoms with Gasteiger partial charge in [0.1, 0.15) is 11.5 Å². The van der Waals surface area contributed by atoms with E-state index in [2.05, 4.69) is 0 Å². The van der Waals surface area contributed by atoms with Crippen molar-refractivity contribution in [3.8, 4) is 11.3 Å². The molecule has 0 saturated carbocycles. The minimum atomic E-state index is -0.431. The van der Waals surface area contributed by atoms with E-state index in [-0.39, 0.29) is 6.42 Å². The van der Waals surface area contributed by atoms with Gasteiger partial charge in [0.25, 0.3) is 0 Å². The van der Waals surface area contributed by atoms with E-state index in [4.69, 9.17) is 33.4 Å². The monoisotopic (exact) mass is 269 g/mol. The number of carbonyl (C=O) groups is 1. The standard InChI is InChI=1S/C12H9Cl2NO2/c13-9-3-1-7(5-10(9)14)11-4-2-8(17-11)6-12(15)16/h1-5H,6H2,(H2,15,16). The Hall–Kier alpha value is -1.45. The molecule has 0 aliphatic rings. The summed E-state index contributed by atoms with van der Waals surface area (Å²) in [5, 5.41) is 0.941. The number of nitrogens with two attached hydrogens (primary N) is 1. The highest BCUT2D eigenvalue weighted by Gasteiger charge is 2.08. The Morgan fingerprint density at radius 2 is 1.94 bits per heavy atom. The Morgan fingerprint density at radius 1 is 1.18 bits per heavy atom. The summed E-state index contributed by atoms with van der Waals surface area (Å²) in [6.07, 6.45) is 0.0846. The smallest absolute Gasteiger partial charge is 0.225 e. The molecule has 3 nitrogen and oxygen atoms in total. The van der Waals surface area contributed by atoms with Gasteiger partial charge in [0.05, 0.1) is 16.5 Å². The van der Waals surface area contributed by atoms with Crippen molar-refractivity contribution in [3.05, 3.63) is 46.1 Å². The summed E-state index contributed by atoms with van der Waals surface area (Å²) in [7, 11) is 0. The first-order chi connectivity index (χ1) is 8.06. The molecule has 0 bridgehead atoms. The predicted octanol–water partition coefficient (Wildman–Crippen LogP) is 3.28. The second-order valence-corrected chi connectivity index (χ2v) is 4.35. The molecule has 5 heteroatoms. The van der Waals surface area contributed by atoms with Crippen LogP contribution in [0.4, 0.5) is 0 Å². The van der Waals surface area contributed by atoms with Gasteiger partial charge in [0.15, 0.2) is 0 Å². The normalized spacial score (nSPS) is 10.5. The summed E-state index contributed by atoms with van der Waals surface area (Å²) in [4.78, 5) is 10.7. The number of hydrogen-bond donors (Lipinski definition) is 1. The molecule has 1 amide bonds. The van der Waals surface area contributed by atoms with Crippen molar-refractivity contribution in [2.45, 2.75) is 6.42 Å². The molecule has 0 unspecified atom stereocenters. The van der Waals surface area contributed by atoms with Crippen LogP contribution in [-0.4, -0.2) is 5.91 Å². The third kappa shape index (κ3) is 2.81. The number of carbonyl (C=O) groups excluding carboxylic acids is 1. The second kappa shape index (κ2) is 4.82. The summed E-state index contributed by atoms with van der Waals surface area (Å²) in [6.45, 7) is 0. The van der Waals surface area contributed by atoms with E-state index in [1.165, 1.54) is 0 Å². The summed E-state index contributed by atoms with van der Waals surface area (Å²) in [5.41, 5.74) is 5.88. The highest BCUT2D eigenvalue weighted by atomic mass is 35.5. The van der Waals surface area contributed by atoms with Gasteiger partial charge in [0, 0.05) is 5.56 Å². The van der Waals surface area contributed by atoms with Crippen LogP contribution < -0.4 is 5.73 Å². The van der Waals surface area contributed by atoms with Crippen molar-refractivity contribution in [1.29, 1.82) is 0 Å². The molecule has 1 aromatic heterocycles. The van der Waals surface area contributed by atoms with Crippen LogP contribution in [0.25, 0.3) is 11.3 Å². The first kappa shape index (κ1) is 12.0. The van der Waals surface area contributed by atoms with E-state index >= 15 is 0 Å². The molecule has 1 heterocycles. The topological polar surface area (TPSA) is 56.2 Å². The molecule has 0 fully saturated rings. The van der Waals surface area contributed by atoms with E-state index in [1.807, 2.05) is 0 Å². The van der Waals surface area contributed by atoms with Crippen molar-refractivity contribution in [2.24, 2.45) is 5.73 Å². The summed E-state index contributed by atoms with van der Waals surface area (Å²) < 4.78 is 5.47. The van der Waals surface area contributed by atoms with Crippen LogP contribution in [0.1, 0.15) is 5.76 Å². The van der Waals surface area contributed by atoms with Gasteiger partial charge in [0.2, 0.25) is 5.91 Å². The molecular formula is C12H9Cl2NO2. The van der Waals surface area contributed by atoms with Crippen LogP contribution >= 0.6 is 23.2 Å².